The van der Waals surface area contributed by atoms with Crippen molar-refractivity contribution in [3.8, 4) is 0 Å². The molecule has 1 atom stereocenters. The second-order valence-electron chi connectivity index (χ2n) is 3.17. The van der Waals surface area contributed by atoms with Gasteiger partial charge >= 0.3 is 6.09 Å². The first kappa shape index (κ1) is 10.5. The molecule has 1 saturated heterocycles. The number of carboxylic acid groups (broad SMARTS) is 1. The molecule has 1 rings (SSSR count). The molecule has 0 aromatic heterocycles. The van der Waals surface area contributed by atoms with E-state index in [1.165, 1.54) is 4.90 Å². The molecule has 0 aromatic rings. The summed E-state index contributed by atoms with van der Waals surface area (Å²) in [6.45, 7) is 0.918. The van der Waals surface area contributed by atoms with Crippen LogP contribution in [-0.4, -0.2) is 40.3 Å². The van der Waals surface area contributed by atoms with E-state index in [-0.39, 0.29) is 11.7 Å². The van der Waals surface area contributed by atoms with Crippen molar-refractivity contribution in [2.45, 2.75) is 12.8 Å². The van der Waals surface area contributed by atoms with Crippen LogP contribution in [0.5, 0.6) is 0 Å². The number of carbonyl (C=O) groups is 2. The van der Waals surface area contributed by atoms with Crippen LogP contribution in [0.2, 0.25) is 0 Å². The van der Waals surface area contributed by atoms with Gasteiger partial charge < -0.3 is 10.0 Å². The molecule has 0 radical (unpaired) electrons. The summed E-state index contributed by atoms with van der Waals surface area (Å²) in [5.41, 5.74) is 0. The standard InChI is InChI=1S/C8H12BrNO3/c9-4-7(11)6-2-1-3-10(5-6)8(12)13/h6H,1-5H2,(H,12,13)/t6-/m1/s1. The third-order valence-corrected chi connectivity index (χ3v) is 2.83. The Morgan fingerprint density at radius 2 is 2.23 bits per heavy atom. The number of hydrogen-bond donors (Lipinski definition) is 1. The monoisotopic (exact) mass is 249 g/mol. The van der Waals surface area contributed by atoms with E-state index in [9.17, 15) is 9.59 Å². The van der Waals surface area contributed by atoms with E-state index in [2.05, 4.69) is 15.9 Å². The highest BCUT2D eigenvalue weighted by Gasteiger charge is 2.27. The molecule has 13 heavy (non-hydrogen) atoms. The molecule has 74 valence electrons. The van der Waals surface area contributed by atoms with Crippen LogP contribution < -0.4 is 0 Å². The molecule has 1 fully saturated rings. The van der Waals surface area contributed by atoms with Crippen LogP contribution in [0.3, 0.4) is 0 Å². The lowest BCUT2D eigenvalue weighted by Crippen LogP contribution is -2.41. The van der Waals surface area contributed by atoms with Crippen molar-refractivity contribution < 1.29 is 14.7 Å². The van der Waals surface area contributed by atoms with Gasteiger partial charge in [-0.3, -0.25) is 4.79 Å². The molecule has 1 heterocycles. The van der Waals surface area contributed by atoms with Gasteiger partial charge in [0.1, 0.15) is 5.78 Å². The molecule has 1 N–H and O–H groups in total. The SMILES string of the molecule is O=C(CBr)[C@@H]1CCCN(C(=O)O)C1. The molecule has 0 saturated carbocycles. The second-order valence-corrected chi connectivity index (χ2v) is 3.73. The fourth-order valence-corrected chi connectivity index (χ4v) is 1.98. The zero-order valence-electron chi connectivity index (χ0n) is 7.20. The summed E-state index contributed by atoms with van der Waals surface area (Å²) in [4.78, 5) is 23.2. The Morgan fingerprint density at radius 1 is 1.54 bits per heavy atom. The third kappa shape index (κ3) is 2.69. The summed E-state index contributed by atoms with van der Waals surface area (Å²) >= 11 is 3.09. The minimum Gasteiger partial charge on any atom is -0.465 e. The topological polar surface area (TPSA) is 57.6 Å². The van der Waals surface area contributed by atoms with E-state index in [1.54, 1.807) is 0 Å². The largest absolute Gasteiger partial charge is 0.465 e. The van der Waals surface area contributed by atoms with Gasteiger partial charge in [0.25, 0.3) is 0 Å². The van der Waals surface area contributed by atoms with Gasteiger partial charge in [0.05, 0.1) is 5.33 Å². The zero-order chi connectivity index (χ0) is 9.84. The molecule has 0 unspecified atom stereocenters. The number of Topliss-reactive ketones (excluding diaryl/α,β-unsaturated/α-hetero) is 1. The van der Waals surface area contributed by atoms with Crippen molar-refractivity contribution >= 4 is 27.8 Å². The Morgan fingerprint density at radius 3 is 2.77 bits per heavy atom. The molecule has 5 heteroatoms. The molecule has 1 amide bonds. The number of amides is 1. The predicted octanol–water partition coefficient (Wildman–Crippen LogP) is 1.34. The Bertz CT molecular complexity index is 219. The maximum absolute atomic E-state index is 11.3. The Hall–Kier alpha value is -0.580. The van der Waals surface area contributed by atoms with Crippen LogP contribution in [0.1, 0.15) is 12.8 Å². The van der Waals surface area contributed by atoms with Crippen molar-refractivity contribution in [3.63, 3.8) is 0 Å². The smallest absolute Gasteiger partial charge is 0.407 e. The van der Waals surface area contributed by atoms with E-state index >= 15 is 0 Å². The van der Waals surface area contributed by atoms with Crippen molar-refractivity contribution in [3.05, 3.63) is 0 Å². The zero-order valence-corrected chi connectivity index (χ0v) is 8.79. The van der Waals surface area contributed by atoms with Crippen molar-refractivity contribution in [1.29, 1.82) is 0 Å². The van der Waals surface area contributed by atoms with E-state index < -0.39 is 6.09 Å². The second kappa shape index (κ2) is 4.60. The highest BCUT2D eigenvalue weighted by atomic mass is 79.9. The van der Waals surface area contributed by atoms with Gasteiger partial charge in [-0.15, -0.1) is 0 Å². The van der Waals surface area contributed by atoms with E-state index in [0.29, 0.717) is 18.4 Å². The molecule has 4 nitrogen and oxygen atoms in total. The number of nitrogens with zero attached hydrogens (tertiary/aromatic N) is 1. The average molecular weight is 250 g/mol. The van der Waals surface area contributed by atoms with Gasteiger partial charge in [-0.1, -0.05) is 15.9 Å². The molecule has 0 aliphatic carbocycles. The highest BCUT2D eigenvalue weighted by molar-refractivity contribution is 9.09. The lowest BCUT2D eigenvalue weighted by atomic mass is 9.95. The number of rotatable bonds is 2. The van der Waals surface area contributed by atoms with Gasteiger partial charge in [-0.05, 0) is 12.8 Å². The van der Waals surface area contributed by atoms with Gasteiger partial charge in [0.15, 0.2) is 0 Å². The van der Waals surface area contributed by atoms with E-state index in [1.807, 2.05) is 0 Å². The number of alkyl halides is 1. The van der Waals surface area contributed by atoms with Crippen LogP contribution in [-0.2, 0) is 4.79 Å². The minimum absolute atomic E-state index is 0.103. The van der Waals surface area contributed by atoms with E-state index in [4.69, 9.17) is 5.11 Å². The first-order valence-corrected chi connectivity index (χ1v) is 5.34. The summed E-state index contributed by atoms with van der Waals surface area (Å²) < 4.78 is 0. The van der Waals surface area contributed by atoms with Crippen LogP contribution in [0.4, 0.5) is 4.79 Å². The maximum Gasteiger partial charge on any atom is 0.407 e. The quantitative estimate of drug-likeness (QED) is 0.752. The normalized spacial score (nSPS) is 22.8. The molecular formula is C8H12BrNO3. The number of carbonyl (C=O) groups excluding carboxylic acids is 1. The summed E-state index contributed by atoms with van der Waals surface area (Å²) in [6, 6.07) is 0. The summed E-state index contributed by atoms with van der Waals surface area (Å²) in [6.07, 6.45) is 0.677. The molecule has 1 aliphatic rings. The van der Waals surface area contributed by atoms with Gasteiger partial charge in [0, 0.05) is 19.0 Å². The lowest BCUT2D eigenvalue weighted by Gasteiger charge is -2.29. The van der Waals surface area contributed by atoms with Crippen LogP contribution in [0.15, 0.2) is 0 Å². The summed E-state index contributed by atoms with van der Waals surface area (Å²) in [7, 11) is 0. The highest BCUT2D eigenvalue weighted by Crippen LogP contribution is 2.17. The van der Waals surface area contributed by atoms with Crippen molar-refractivity contribution in [1.82, 2.24) is 4.90 Å². The predicted molar refractivity (Wildman–Crippen MR) is 51.1 cm³/mol. The number of likely N-dealkylation sites (tertiary alicyclic amines) is 1. The number of hydrogen-bond acceptors (Lipinski definition) is 2. The maximum atomic E-state index is 11.3. The molecule has 0 spiro atoms. The lowest BCUT2D eigenvalue weighted by molar-refractivity contribution is -0.121. The Balaban J connectivity index is 2.51. The van der Waals surface area contributed by atoms with Gasteiger partial charge in [-0.2, -0.15) is 0 Å². The first-order valence-electron chi connectivity index (χ1n) is 4.21. The Kier molecular flexibility index (Phi) is 3.71. The van der Waals surface area contributed by atoms with Gasteiger partial charge in [-0.25, -0.2) is 4.79 Å². The number of piperidine rings is 1. The average Bonchev–Trinajstić information content (AvgIpc) is 2.17. The van der Waals surface area contributed by atoms with Crippen molar-refractivity contribution in [2.75, 3.05) is 18.4 Å². The molecule has 0 aromatic carbocycles. The van der Waals surface area contributed by atoms with Gasteiger partial charge in [0.2, 0.25) is 0 Å². The first-order chi connectivity index (χ1) is 6.15. The van der Waals surface area contributed by atoms with Crippen LogP contribution >= 0.6 is 15.9 Å². The summed E-state index contributed by atoms with van der Waals surface area (Å²) in [5.74, 6) is -0.00447. The van der Waals surface area contributed by atoms with E-state index in [0.717, 1.165) is 12.8 Å². The van der Waals surface area contributed by atoms with Crippen LogP contribution in [0, 0.1) is 5.92 Å². The summed E-state index contributed by atoms with van der Waals surface area (Å²) in [5, 5.41) is 9.04. The van der Waals surface area contributed by atoms with Crippen molar-refractivity contribution in [2.24, 2.45) is 5.92 Å². The fourth-order valence-electron chi connectivity index (χ4n) is 1.52. The Labute approximate surface area is 85.0 Å². The molecule has 0 bridgehead atoms. The molecular weight excluding hydrogens is 238 g/mol. The van der Waals surface area contributed by atoms with Crippen LogP contribution in [0.25, 0.3) is 0 Å². The number of ketones is 1. The third-order valence-electron chi connectivity index (χ3n) is 2.28. The number of halogens is 1. The molecule has 1 aliphatic heterocycles. The fraction of sp³-hybridized carbons (Fsp3) is 0.750. The minimum atomic E-state index is -0.924.